The molecule has 2 aromatic carbocycles. The fourth-order valence-electron chi connectivity index (χ4n) is 2.17. The van der Waals surface area contributed by atoms with Crippen molar-refractivity contribution in [3.05, 3.63) is 64.7 Å². The number of anilines is 1. The van der Waals surface area contributed by atoms with Crippen LogP contribution in [0.15, 0.2) is 42.5 Å². The minimum atomic E-state index is -0.0596. The van der Waals surface area contributed by atoms with Crippen molar-refractivity contribution in [3.8, 4) is 0 Å². The lowest BCUT2D eigenvalue weighted by molar-refractivity contribution is 0.102. The molecule has 0 aliphatic rings. The summed E-state index contributed by atoms with van der Waals surface area (Å²) in [6, 6.07) is 13.7. The van der Waals surface area contributed by atoms with E-state index >= 15 is 0 Å². The van der Waals surface area contributed by atoms with Gasteiger partial charge < -0.3 is 10.6 Å². The molecule has 3 heteroatoms. The Labute approximate surface area is 126 Å². The maximum Gasteiger partial charge on any atom is 0.255 e. The van der Waals surface area contributed by atoms with E-state index in [1.54, 1.807) is 0 Å². The van der Waals surface area contributed by atoms with Crippen molar-refractivity contribution in [3.63, 3.8) is 0 Å². The number of hydrogen-bond acceptors (Lipinski definition) is 2. The summed E-state index contributed by atoms with van der Waals surface area (Å²) in [6.45, 7) is 7.87. The van der Waals surface area contributed by atoms with E-state index in [1.165, 1.54) is 5.56 Å². The number of hydrogen-bond donors (Lipinski definition) is 2. The van der Waals surface area contributed by atoms with Gasteiger partial charge in [-0.25, -0.2) is 0 Å². The van der Waals surface area contributed by atoms with Gasteiger partial charge in [0.2, 0.25) is 0 Å². The van der Waals surface area contributed by atoms with Crippen LogP contribution < -0.4 is 10.6 Å². The van der Waals surface area contributed by atoms with E-state index in [-0.39, 0.29) is 5.91 Å². The summed E-state index contributed by atoms with van der Waals surface area (Å²) in [4.78, 5) is 12.3. The van der Waals surface area contributed by atoms with Crippen LogP contribution in [0.1, 0.15) is 34.0 Å². The Hall–Kier alpha value is -2.13. The largest absolute Gasteiger partial charge is 0.322 e. The SMILES string of the molecule is CCNCc1ccc(NC(=O)c2cccc(C)c2C)cc1. The van der Waals surface area contributed by atoms with Crippen LogP contribution in [0.4, 0.5) is 5.69 Å². The zero-order chi connectivity index (χ0) is 15.2. The van der Waals surface area contributed by atoms with Crippen LogP contribution in [0, 0.1) is 13.8 Å². The smallest absolute Gasteiger partial charge is 0.255 e. The van der Waals surface area contributed by atoms with E-state index in [1.807, 2.05) is 56.3 Å². The molecule has 3 nitrogen and oxygen atoms in total. The molecule has 1 amide bonds. The molecule has 0 unspecified atom stereocenters. The molecule has 21 heavy (non-hydrogen) atoms. The van der Waals surface area contributed by atoms with Gasteiger partial charge in [-0.05, 0) is 55.3 Å². The first-order chi connectivity index (χ1) is 10.1. The quantitative estimate of drug-likeness (QED) is 0.878. The summed E-state index contributed by atoms with van der Waals surface area (Å²) in [5, 5.41) is 6.23. The van der Waals surface area contributed by atoms with Crippen LogP contribution in [0.2, 0.25) is 0 Å². The second-order valence-electron chi connectivity index (χ2n) is 5.18. The van der Waals surface area contributed by atoms with E-state index in [0.29, 0.717) is 0 Å². The number of carbonyl (C=O) groups is 1. The molecule has 0 aliphatic carbocycles. The molecular weight excluding hydrogens is 260 g/mol. The first-order valence-corrected chi connectivity index (χ1v) is 7.29. The highest BCUT2D eigenvalue weighted by molar-refractivity contribution is 6.05. The number of benzene rings is 2. The minimum Gasteiger partial charge on any atom is -0.322 e. The van der Waals surface area contributed by atoms with Gasteiger partial charge in [-0.2, -0.15) is 0 Å². The molecule has 0 saturated carbocycles. The van der Waals surface area contributed by atoms with E-state index < -0.39 is 0 Å². The molecule has 0 fully saturated rings. The standard InChI is InChI=1S/C18H22N2O/c1-4-19-12-15-8-10-16(11-9-15)20-18(21)17-7-5-6-13(2)14(17)3/h5-11,19H,4,12H2,1-3H3,(H,20,21). The van der Waals surface area contributed by atoms with E-state index in [2.05, 4.69) is 17.6 Å². The Morgan fingerprint density at radius 1 is 1.05 bits per heavy atom. The van der Waals surface area contributed by atoms with Gasteiger partial charge in [0.1, 0.15) is 0 Å². The molecule has 0 bridgehead atoms. The maximum absolute atomic E-state index is 12.3. The van der Waals surface area contributed by atoms with Crippen LogP contribution in [-0.2, 0) is 6.54 Å². The van der Waals surface area contributed by atoms with Crippen LogP contribution in [0.5, 0.6) is 0 Å². The third kappa shape index (κ3) is 3.92. The molecule has 0 radical (unpaired) electrons. The molecule has 0 aromatic heterocycles. The van der Waals surface area contributed by atoms with Gasteiger partial charge in [-0.15, -0.1) is 0 Å². The molecule has 110 valence electrons. The van der Waals surface area contributed by atoms with Gasteiger partial charge in [0.25, 0.3) is 5.91 Å². The van der Waals surface area contributed by atoms with E-state index in [9.17, 15) is 4.79 Å². The van der Waals surface area contributed by atoms with Crippen molar-refractivity contribution < 1.29 is 4.79 Å². The molecule has 0 atom stereocenters. The first kappa shape index (κ1) is 15.3. The fourth-order valence-corrected chi connectivity index (χ4v) is 2.17. The molecule has 0 saturated heterocycles. The molecule has 2 rings (SSSR count). The van der Waals surface area contributed by atoms with Crippen molar-refractivity contribution in [2.24, 2.45) is 0 Å². The van der Waals surface area contributed by atoms with Gasteiger partial charge in [-0.1, -0.05) is 31.2 Å². The third-order valence-electron chi connectivity index (χ3n) is 3.64. The van der Waals surface area contributed by atoms with Crippen molar-refractivity contribution in [1.82, 2.24) is 5.32 Å². The average molecular weight is 282 g/mol. The molecular formula is C18H22N2O. The number of rotatable bonds is 5. The normalized spacial score (nSPS) is 10.4. The summed E-state index contributed by atoms with van der Waals surface area (Å²) in [5.74, 6) is -0.0596. The number of carbonyl (C=O) groups excluding carboxylic acids is 1. The topological polar surface area (TPSA) is 41.1 Å². The highest BCUT2D eigenvalue weighted by atomic mass is 16.1. The Bertz CT molecular complexity index is 618. The van der Waals surface area contributed by atoms with Crippen LogP contribution in [0.3, 0.4) is 0 Å². The van der Waals surface area contributed by atoms with Crippen LogP contribution in [-0.4, -0.2) is 12.5 Å². The molecule has 2 N–H and O–H groups in total. The number of nitrogens with one attached hydrogen (secondary N) is 2. The van der Waals surface area contributed by atoms with E-state index in [0.717, 1.165) is 35.5 Å². The van der Waals surface area contributed by atoms with Gasteiger partial charge in [0.15, 0.2) is 0 Å². The lowest BCUT2D eigenvalue weighted by Gasteiger charge is -2.10. The Balaban J connectivity index is 2.07. The van der Waals surface area contributed by atoms with Crippen molar-refractivity contribution >= 4 is 11.6 Å². The van der Waals surface area contributed by atoms with Gasteiger partial charge in [-0.3, -0.25) is 4.79 Å². The fraction of sp³-hybridized carbons (Fsp3) is 0.278. The summed E-state index contributed by atoms with van der Waals surface area (Å²) in [7, 11) is 0. The third-order valence-corrected chi connectivity index (χ3v) is 3.64. The highest BCUT2D eigenvalue weighted by Gasteiger charge is 2.10. The maximum atomic E-state index is 12.3. The Kier molecular flexibility index (Phi) is 5.12. The Morgan fingerprint density at radius 3 is 2.43 bits per heavy atom. The lowest BCUT2D eigenvalue weighted by Crippen LogP contribution is -2.14. The zero-order valence-electron chi connectivity index (χ0n) is 12.9. The van der Waals surface area contributed by atoms with E-state index in [4.69, 9.17) is 0 Å². The van der Waals surface area contributed by atoms with Crippen LogP contribution >= 0.6 is 0 Å². The summed E-state index contributed by atoms with van der Waals surface area (Å²) < 4.78 is 0. The summed E-state index contributed by atoms with van der Waals surface area (Å²) in [6.07, 6.45) is 0. The van der Waals surface area contributed by atoms with Gasteiger partial charge in [0.05, 0.1) is 0 Å². The molecule has 0 aliphatic heterocycles. The van der Waals surface area contributed by atoms with Crippen molar-refractivity contribution in [2.45, 2.75) is 27.3 Å². The van der Waals surface area contributed by atoms with Crippen LogP contribution in [0.25, 0.3) is 0 Å². The summed E-state index contributed by atoms with van der Waals surface area (Å²) in [5.41, 5.74) is 4.91. The number of amides is 1. The second kappa shape index (κ2) is 7.04. The molecule has 0 heterocycles. The predicted octanol–water partition coefficient (Wildman–Crippen LogP) is 3.67. The van der Waals surface area contributed by atoms with Crippen molar-refractivity contribution in [1.29, 1.82) is 0 Å². The van der Waals surface area contributed by atoms with Gasteiger partial charge >= 0.3 is 0 Å². The minimum absolute atomic E-state index is 0.0596. The zero-order valence-corrected chi connectivity index (χ0v) is 12.9. The predicted molar refractivity (Wildman–Crippen MR) is 87.7 cm³/mol. The lowest BCUT2D eigenvalue weighted by atomic mass is 10.0. The van der Waals surface area contributed by atoms with Crippen molar-refractivity contribution in [2.75, 3.05) is 11.9 Å². The van der Waals surface area contributed by atoms with Gasteiger partial charge in [0, 0.05) is 17.8 Å². The average Bonchev–Trinajstić information content (AvgIpc) is 2.49. The second-order valence-corrected chi connectivity index (χ2v) is 5.18. The monoisotopic (exact) mass is 282 g/mol. The Morgan fingerprint density at radius 2 is 1.76 bits per heavy atom. The summed E-state index contributed by atoms with van der Waals surface area (Å²) >= 11 is 0. The first-order valence-electron chi connectivity index (χ1n) is 7.29. The highest BCUT2D eigenvalue weighted by Crippen LogP contribution is 2.16. The number of aryl methyl sites for hydroxylation is 1. The molecule has 0 spiro atoms. The molecule has 2 aromatic rings.